The second-order valence-electron chi connectivity index (χ2n) is 4.02. The summed E-state index contributed by atoms with van der Waals surface area (Å²) in [4.78, 5) is 11.3. The van der Waals surface area contributed by atoms with Crippen LogP contribution in [0.25, 0.3) is 0 Å². The van der Waals surface area contributed by atoms with Gasteiger partial charge in [0, 0.05) is 19.8 Å². The summed E-state index contributed by atoms with van der Waals surface area (Å²) in [7, 11) is 1.73. The molecule has 0 aliphatic carbocycles. The molecule has 0 aliphatic heterocycles. The number of aryl methyl sites for hydroxylation is 1. The molecule has 0 spiro atoms. The summed E-state index contributed by atoms with van der Waals surface area (Å²) in [5.41, 5.74) is 1.68. The Hall–Kier alpha value is -1.85. The van der Waals surface area contributed by atoms with E-state index < -0.39 is 12.0 Å². The Bertz CT molecular complexity index is 528. The zero-order valence-electron chi connectivity index (χ0n) is 10.5. The minimum atomic E-state index is -0.908. The lowest BCUT2D eigenvalue weighted by atomic mass is 10.1. The molecule has 5 nitrogen and oxygen atoms in total. The van der Waals surface area contributed by atoms with E-state index in [0.29, 0.717) is 12.2 Å². The Morgan fingerprint density at radius 3 is 2.58 bits per heavy atom. The minimum Gasteiger partial charge on any atom is -0.480 e. The number of hydrogen-bond donors (Lipinski definition) is 2. The van der Waals surface area contributed by atoms with Crippen molar-refractivity contribution in [3.8, 4) is 0 Å². The zero-order chi connectivity index (χ0) is 13.0. The van der Waals surface area contributed by atoms with Gasteiger partial charge in [0.05, 0.1) is 5.69 Å². The first kappa shape index (κ1) is 15.2. The van der Waals surface area contributed by atoms with Crippen LogP contribution < -0.4 is 5.32 Å². The van der Waals surface area contributed by atoms with Crippen molar-refractivity contribution in [1.29, 1.82) is 0 Å². The van der Waals surface area contributed by atoms with E-state index >= 15 is 0 Å². The third-order valence-corrected chi connectivity index (χ3v) is 2.75. The fourth-order valence-electron chi connectivity index (χ4n) is 1.80. The Morgan fingerprint density at radius 2 is 2.05 bits per heavy atom. The lowest BCUT2D eigenvalue weighted by Crippen LogP contribution is -2.29. The van der Waals surface area contributed by atoms with E-state index in [1.165, 1.54) is 0 Å². The summed E-state index contributed by atoms with van der Waals surface area (Å²) in [6, 6.07) is 10.6. The van der Waals surface area contributed by atoms with Crippen LogP contribution in [0.5, 0.6) is 0 Å². The van der Waals surface area contributed by atoms with E-state index in [2.05, 4.69) is 10.4 Å². The Balaban J connectivity index is 0.00000180. The molecular formula is C13H16ClN3O2. The van der Waals surface area contributed by atoms with Crippen LogP contribution in [0.15, 0.2) is 42.6 Å². The van der Waals surface area contributed by atoms with Crippen LogP contribution in [0.1, 0.15) is 17.3 Å². The molecule has 0 radical (unpaired) electrons. The first-order chi connectivity index (χ1) is 8.68. The number of aliphatic carboxylic acids is 1. The smallest absolute Gasteiger partial charge is 0.326 e. The van der Waals surface area contributed by atoms with Gasteiger partial charge in [0.25, 0.3) is 0 Å². The molecule has 102 valence electrons. The fraction of sp³-hybridized carbons (Fsp3) is 0.231. The van der Waals surface area contributed by atoms with Gasteiger partial charge in [0.2, 0.25) is 0 Å². The molecule has 0 saturated heterocycles. The quantitative estimate of drug-likeness (QED) is 0.876. The van der Waals surface area contributed by atoms with Crippen molar-refractivity contribution < 1.29 is 9.90 Å². The molecule has 0 amide bonds. The van der Waals surface area contributed by atoms with Crippen LogP contribution in [-0.2, 0) is 18.4 Å². The van der Waals surface area contributed by atoms with Gasteiger partial charge in [-0.1, -0.05) is 30.3 Å². The second kappa shape index (κ2) is 6.92. The molecule has 1 heterocycles. The van der Waals surface area contributed by atoms with Gasteiger partial charge < -0.3 is 5.11 Å². The minimum absolute atomic E-state index is 0. The summed E-state index contributed by atoms with van der Waals surface area (Å²) < 4.78 is 1.57. The van der Waals surface area contributed by atoms with Gasteiger partial charge in [0.15, 0.2) is 0 Å². The highest BCUT2D eigenvalue weighted by molar-refractivity contribution is 5.85. The first-order valence-corrected chi connectivity index (χ1v) is 5.66. The molecule has 1 atom stereocenters. The van der Waals surface area contributed by atoms with Crippen LogP contribution in [-0.4, -0.2) is 20.9 Å². The molecule has 1 aromatic heterocycles. The average molecular weight is 282 g/mol. The maximum absolute atomic E-state index is 11.3. The Kier molecular flexibility index (Phi) is 5.54. The van der Waals surface area contributed by atoms with E-state index in [1.807, 2.05) is 30.3 Å². The summed E-state index contributed by atoms with van der Waals surface area (Å²) in [5.74, 6) is -0.908. The zero-order valence-corrected chi connectivity index (χ0v) is 11.3. The average Bonchev–Trinajstić information content (AvgIpc) is 2.77. The van der Waals surface area contributed by atoms with Crippen molar-refractivity contribution in [3.05, 3.63) is 53.9 Å². The number of nitrogens with zero attached hydrogens (tertiary/aromatic N) is 2. The van der Waals surface area contributed by atoms with Gasteiger partial charge in [-0.2, -0.15) is 5.10 Å². The number of halogens is 1. The van der Waals surface area contributed by atoms with E-state index in [9.17, 15) is 9.90 Å². The number of carboxylic acid groups (broad SMARTS) is 1. The molecule has 0 fully saturated rings. The molecular weight excluding hydrogens is 266 g/mol. The molecule has 1 unspecified atom stereocenters. The van der Waals surface area contributed by atoms with Crippen molar-refractivity contribution in [2.75, 3.05) is 0 Å². The summed E-state index contributed by atoms with van der Waals surface area (Å²) >= 11 is 0. The standard InChI is InChI=1S/C13H15N3O2.ClH/c1-16-11(7-8-15-16)12(13(17)18)14-9-10-5-3-2-4-6-10;/h2-8,12,14H,9H2,1H3,(H,17,18);1H. The van der Waals surface area contributed by atoms with Crippen LogP contribution in [0.2, 0.25) is 0 Å². The van der Waals surface area contributed by atoms with Gasteiger partial charge in [-0.25, -0.2) is 0 Å². The van der Waals surface area contributed by atoms with E-state index in [1.54, 1.807) is 24.0 Å². The monoisotopic (exact) mass is 281 g/mol. The number of nitrogens with one attached hydrogen (secondary N) is 1. The van der Waals surface area contributed by atoms with Gasteiger partial charge in [-0.15, -0.1) is 12.4 Å². The normalized spacial score (nSPS) is 11.6. The van der Waals surface area contributed by atoms with Crippen LogP contribution in [0, 0.1) is 0 Å². The highest BCUT2D eigenvalue weighted by Crippen LogP contribution is 2.12. The third-order valence-electron chi connectivity index (χ3n) is 2.75. The second-order valence-corrected chi connectivity index (χ2v) is 4.02. The maximum Gasteiger partial charge on any atom is 0.326 e. The highest BCUT2D eigenvalue weighted by Gasteiger charge is 2.21. The van der Waals surface area contributed by atoms with Crippen molar-refractivity contribution in [3.63, 3.8) is 0 Å². The Labute approximate surface area is 117 Å². The predicted molar refractivity (Wildman–Crippen MR) is 74.1 cm³/mol. The van der Waals surface area contributed by atoms with Gasteiger partial charge in [0.1, 0.15) is 6.04 Å². The summed E-state index contributed by atoms with van der Waals surface area (Å²) in [5, 5.41) is 16.3. The fourth-order valence-corrected chi connectivity index (χ4v) is 1.80. The highest BCUT2D eigenvalue weighted by atomic mass is 35.5. The van der Waals surface area contributed by atoms with Crippen LogP contribution in [0.3, 0.4) is 0 Å². The van der Waals surface area contributed by atoms with Gasteiger partial charge in [-0.05, 0) is 11.6 Å². The van der Waals surface area contributed by atoms with Crippen molar-refractivity contribution in [2.45, 2.75) is 12.6 Å². The molecule has 6 heteroatoms. The molecule has 19 heavy (non-hydrogen) atoms. The van der Waals surface area contributed by atoms with Crippen molar-refractivity contribution >= 4 is 18.4 Å². The number of rotatable bonds is 5. The topological polar surface area (TPSA) is 67.2 Å². The molecule has 2 aromatic rings. The largest absolute Gasteiger partial charge is 0.480 e. The molecule has 0 bridgehead atoms. The number of benzene rings is 1. The summed E-state index contributed by atoms with van der Waals surface area (Å²) in [6.07, 6.45) is 1.59. The maximum atomic E-state index is 11.3. The van der Waals surface area contributed by atoms with Gasteiger partial charge in [-0.3, -0.25) is 14.8 Å². The lowest BCUT2D eigenvalue weighted by molar-refractivity contribution is -0.139. The van der Waals surface area contributed by atoms with E-state index in [-0.39, 0.29) is 12.4 Å². The van der Waals surface area contributed by atoms with E-state index in [4.69, 9.17) is 0 Å². The summed E-state index contributed by atoms with van der Waals surface area (Å²) in [6.45, 7) is 0.503. The molecule has 2 N–H and O–H groups in total. The van der Waals surface area contributed by atoms with E-state index in [0.717, 1.165) is 5.56 Å². The van der Waals surface area contributed by atoms with Crippen molar-refractivity contribution in [2.24, 2.45) is 7.05 Å². The van der Waals surface area contributed by atoms with Gasteiger partial charge >= 0.3 is 5.97 Å². The van der Waals surface area contributed by atoms with Crippen LogP contribution in [0.4, 0.5) is 0 Å². The molecule has 1 aromatic carbocycles. The number of hydrogen-bond acceptors (Lipinski definition) is 3. The molecule has 0 saturated carbocycles. The lowest BCUT2D eigenvalue weighted by Gasteiger charge is -2.14. The molecule has 0 aliphatic rings. The third kappa shape index (κ3) is 3.81. The van der Waals surface area contributed by atoms with Crippen molar-refractivity contribution in [1.82, 2.24) is 15.1 Å². The first-order valence-electron chi connectivity index (χ1n) is 5.66. The number of carboxylic acids is 1. The Morgan fingerprint density at radius 1 is 1.37 bits per heavy atom. The predicted octanol–water partition coefficient (Wildman–Crippen LogP) is 1.76. The molecule has 2 rings (SSSR count). The number of carbonyl (C=O) groups is 1. The number of aromatic nitrogens is 2. The SMILES string of the molecule is Cl.Cn1nccc1C(NCc1ccccc1)C(=O)O. The van der Waals surface area contributed by atoms with Crippen LogP contribution >= 0.6 is 12.4 Å².